The maximum absolute atomic E-state index is 5.30. The van der Waals surface area contributed by atoms with E-state index in [9.17, 15) is 0 Å². The fourth-order valence-corrected chi connectivity index (χ4v) is 1.55. The van der Waals surface area contributed by atoms with Crippen LogP contribution in [0.25, 0.3) is 0 Å². The Kier molecular flexibility index (Phi) is 8.56. The van der Waals surface area contributed by atoms with Crippen molar-refractivity contribution < 1.29 is 12.3 Å². The average Bonchev–Trinajstić information content (AvgIpc) is 2.12. The minimum absolute atomic E-state index is 0. The fourth-order valence-electron chi connectivity index (χ4n) is 1.55. The summed E-state index contributed by atoms with van der Waals surface area (Å²) in [6.07, 6.45) is 0. The largest absolute Gasteiger partial charge is 2.00 e. The molecule has 0 saturated heterocycles. The van der Waals surface area contributed by atoms with Gasteiger partial charge in [-0.25, -0.2) is 0 Å². The molecule has 0 unspecified atom stereocenters. The Bertz CT molecular complexity index is 336. The second kappa shape index (κ2) is 7.36. The van der Waals surface area contributed by atoms with Crippen LogP contribution in [0.1, 0.15) is 19.5 Å². The molecule has 1 aromatic carbocycles. The van der Waals surface area contributed by atoms with E-state index in [1.807, 2.05) is 26.8 Å². The van der Waals surface area contributed by atoms with Crippen LogP contribution in [0.4, 0.5) is 0 Å². The molecule has 0 bridgehead atoms. The minimum atomic E-state index is 0. The van der Waals surface area contributed by atoms with E-state index < -0.39 is 0 Å². The van der Waals surface area contributed by atoms with Gasteiger partial charge in [0, 0.05) is 0 Å². The first-order valence-corrected chi connectivity index (χ1v) is 4.30. The second-order valence-corrected chi connectivity index (χ2v) is 3.18. The Morgan fingerprint density at radius 1 is 1.00 bits per heavy atom. The summed E-state index contributed by atoms with van der Waals surface area (Å²) in [6, 6.07) is 2.00. The van der Waals surface area contributed by atoms with Gasteiger partial charge >= 0.3 is 23.1 Å². The van der Waals surface area contributed by atoms with Gasteiger partial charge in [0.25, 0.3) is 0 Å². The normalized spacial score (nSPS) is 8.60. The SMILES string of the molecule is Br.COc1cc(C)c(OC)c(C)c1C.[H-].[H-].[Mg+2]. The number of hydrogen-bond donors (Lipinski definition) is 0. The van der Waals surface area contributed by atoms with Crippen molar-refractivity contribution in [1.29, 1.82) is 0 Å². The number of aryl methyl sites for hydroxylation is 1. The predicted molar refractivity (Wildman–Crippen MR) is 72.1 cm³/mol. The molecule has 0 aliphatic heterocycles. The maximum Gasteiger partial charge on any atom is 2.00 e. The van der Waals surface area contributed by atoms with Crippen molar-refractivity contribution in [3.8, 4) is 11.5 Å². The van der Waals surface area contributed by atoms with Crippen LogP contribution in [-0.4, -0.2) is 37.3 Å². The van der Waals surface area contributed by atoms with E-state index in [0.29, 0.717) is 0 Å². The minimum Gasteiger partial charge on any atom is -1.00 e. The maximum atomic E-state index is 5.30. The molecule has 1 rings (SSSR count). The molecule has 0 amide bonds. The molecule has 0 aliphatic rings. The van der Waals surface area contributed by atoms with E-state index in [4.69, 9.17) is 9.47 Å². The van der Waals surface area contributed by atoms with Gasteiger partial charge in [-0.2, -0.15) is 0 Å². The number of benzene rings is 1. The van der Waals surface area contributed by atoms with Gasteiger partial charge in [0.1, 0.15) is 11.5 Å². The average molecular weight is 287 g/mol. The number of methoxy groups -OCH3 is 2. The van der Waals surface area contributed by atoms with Gasteiger partial charge in [-0.15, -0.1) is 17.0 Å². The second-order valence-electron chi connectivity index (χ2n) is 3.18. The Labute approximate surface area is 121 Å². The zero-order chi connectivity index (χ0) is 10.0. The van der Waals surface area contributed by atoms with Gasteiger partial charge in [-0.3, -0.25) is 0 Å². The quantitative estimate of drug-likeness (QED) is 0.778. The van der Waals surface area contributed by atoms with Crippen molar-refractivity contribution in [3.05, 3.63) is 22.8 Å². The molecular formula is C11H19BrMgO2. The molecule has 0 fully saturated rings. The number of ether oxygens (including phenoxy) is 2. The number of rotatable bonds is 2. The van der Waals surface area contributed by atoms with E-state index in [-0.39, 0.29) is 42.9 Å². The predicted octanol–water partition coefficient (Wildman–Crippen LogP) is 3.05. The third-order valence-corrected chi connectivity index (χ3v) is 2.40. The molecule has 1 aromatic rings. The molecule has 0 radical (unpaired) electrons. The third-order valence-electron chi connectivity index (χ3n) is 2.40. The Balaban J connectivity index is -0.000000211. The molecule has 0 spiro atoms. The molecule has 0 N–H and O–H groups in total. The summed E-state index contributed by atoms with van der Waals surface area (Å²) < 4.78 is 10.6. The van der Waals surface area contributed by atoms with Crippen molar-refractivity contribution in [2.75, 3.05) is 14.2 Å². The van der Waals surface area contributed by atoms with Crippen LogP contribution in [0.15, 0.2) is 6.07 Å². The topological polar surface area (TPSA) is 18.5 Å². The van der Waals surface area contributed by atoms with E-state index in [2.05, 4.69) is 0 Å². The van der Waals surface area contributed by atoms with Gasteiger partial charge in [0.2, 0.25) is 0 Å². The summed E-state index contributed by atoms with van der Waals surface area (Å²) in [5, 5.41) is 0. The van der Waals surface area contributed by atoms with Gasteiger partial charge in [-0.1, -0.05) is 0 Å². The first kappa shape index (κ1) is 17.5. The first-order chi connectivity index (χ1) is 6.11. The smallest absolute Gasteiger partial charge is 1.00 e. The van der Waals surface area contributed by atoms with Crippen molar-refractivity contribution in [1.82, 2.24) is 0 Å². The molecule has 0 saturated carbocycles. The Morgan fingerprint density at radius 2 is 1.53 bits per heavy atom. The fraction of sp³-hybridized carbons (Fsp3) is 0.455. The van der Waals surface area contributed by atoms with Crippen LogP contribution in [0.3, 0.4) is 0 Å². The first-order valence-electron chi connectivity index (χ1n) is 4.30. The molecule has 2 nitrogen and oxygen atoms in total. The van der Waals surface area contributed by atoms with Crippen LogP contribution in [0.5, 0.6) is 11.5 Å². The zero-order valence-corrected chi connectivity index (χ0v) is 13.1. The van der Waals surface area contributed by atoms with Crippen molar-refractivity contribution >= 4 is 40.0 Å². The van der Waals surface area contributed by atoms with Crippen molar-refractivity contribution in [3.63, 3.8) is 0 Å². The molecule has 0 aromatic heterocycles. The monoisotopic (exact) mass is 286 g/mol. The van der Waals surface area contributed by atoms with Gasteiger partial charge in [0.05, 0.1) is 14.2 Å². The molecule has 0 atom stereocenters. The summed E-state index contributed by atoms with van der Waals surface area (Å²) >= 11 is 0. The number of halogens is 1. The summed E-state index contributed by atoms with van der Waals surface area (Å²) in [6.45, 7) is 6.10. The van der Waals surface area contributed by atoms with Gasteiger partial charge in [0.15, 0.2) is 0 Å². The summed E-state index contributed by atoms with van der Waals surface area (Å²) in [7, 11) is 3.38. The molecule has 84 valence electrons. The van der Waals surface area contributed by atoms with Gasteiger partial charge in [-0.05, 0) is 43.5 Å². The van der Waals surface area contributed by atoms with Crippen molar-refractivity contribution in [2.24, 2.45) is 0 Å². The molecular weight excluding hydrogens is 268 g/mol. The summed E-state index contributed by atoms with van der Waals surface area (Å²) in [5.41, 5.74) is 3.41. The van der Waals surface area contributed by atoms with Crippen LogP contribution in [0.2, 0.25) is 0 Å². The standard InChI is InChI=1S/C11H16O2.BrH.Mg.2H/c1-7-6-10(12-4)8(2)9(3)11(7)13-5;;;;/h6H,1-5H3;1H;;;/q;;+2;2*-1. The molecule has 15 heavy (non-hydrogen) atoms. The van der Waals surface area contributed by atoms with Crippen LogP contribution in [0, 0.1) is 20.8 Å². The van der Waals surface area contributed by atoms with E-state index in [0.717, 1.165) is 28.2 Å². The van der Waals surface area contributed by atoms with Crippen LogP contribution < -0.4 is 9.47 Å². The van der Waals surface area contributed by atoms with Crippen LogP contribution >= 0.6 is 17.0 Å². The Hall–Kier alpha value is 0.0662. The van der Waals surface area contributed by atoms with Gasteiger partial charge < -0.3 is 12.3 Å². The van der Waals surface area contributed by atoms with Crippen molar-refractivity contribution in [2.45, 2.75) is 20.8 Å². The third kappa shape index (κ3) is 3.54. The van der Waals surface area contributed by atoms with E-state index >= 15 is 0 Å². The molecule has 0 aliphatic carbocycles. The summed E-state index contributed by atoms with van der Waals surface area (Å²) in [5.74, 6) is 1.88. The number of hydrogen-bond acceptors (Lipinski definition) is 2. The molecule has 4 heteroatoms. The Morgan fingerprint density at radius 3 is 1.93 bits per heavy atom. The molecule has 0 heterocycles. The summed E-state index contributed by atoms with van der Waals surface area (Å²) in [4.78, 5) is 0. The van der Waals surface area contributed by atoms with E-state index in [1.54, 1.807) is 14.2 Å². The zero-order valence-electron chi connectivity index (χ0n) is 12.0. The van der Waals surface area contributed by atoms with E-state index in [1.165, 1.54) is 0 Å². The van der Waals surface area contributed by atoms with Crippen LogP contribution in [-0.2, 0) is 0 Å².